The van der Waals surface area contributed by atoms with Gasteiger partial charge < -0.3 is 4.57 Å². The van der Waals surface area contributed by atoms with E-state index in [1.807, 2.05) is 17.8 Å². The highest BCUT2D eigenvalue weighted by Gasteiger charge is 2.00. The molecule has 3 nitrogen and oxygen atoms in total. The molecule has 2 rings (SSSR count). The van der Waals surface area contributed by atoms with Gasteiger partial charge in [0.2, 0.25) is 0 Å². The van der Waals surface area contributed by atoms with E-state index in [9.17, 15) is 0 Å². The fourth-order valence-electron chi connectivity index (χ4n) is 1.60. The second-order valence-electron chi connectivity index (χ2n) is 4.50. The lowest BCUT2D eigenvalue weighted by Crippen LogP contribution is -1.87. The highest BCUT2D eigenvalue weighted by molar-refractivity contribution is 5.73. The third-order valence-electron chi connectivity index (χ3n) is 2.49. The predicted molar refractivity (Wildman–Crippen MR) is 67.0 cm³/mol. The van der Waals surface area contributed by atoms with Gasteiger partial charge in [-0.3, -0.25) is 0 Å². The molecule has 0 bridgehead atoms. The molecule has 3 heteroatoms. The van der Waals surface area contributed by atoms with E-state index in [0.717, 1.165) is 23.1 Å². The van der Waals surface area contributed by atoms with Gasteiger partial charge >= 0.3 is 0 Å². The molecule has 0 N–H and O–H groups in total. The third kappa shape index (κ3) is 2.30. The molecule has 0 aromatic carbocycles. The van der Waals surface area contributed by atoms with Crippen LogP contribution in [-0.2, 0) is 7.05 Å². The number of nitrogens with zero attached hydrogens (tertiary/aromatic N) is 3. The Morgan fingerprint density at radius 3 is 2.94 bits per heavy atom. The Kier molecular flexibility index (Phi) is 3.04. The van der Waals surface area contributed by atoms with Gasteiger partial charge in [0, 0.05) is 13.2 Å². The average Bonchev–Trinajstić information content (AvgIpc) is 2.60. The quantitative estimate of drug-likeness (QED) is 0.788. The molecule has 2 aromatic rings. The number of hydrogen-bond acceptors (Lipinski definition) is 2. The van der Waals surface area contributed by atoms with Crippen LogP contribution in [0.25, 0.3) is 17.2 Å². The zero-order valence-corrected chi connectivity index (χ0v) is 10.0. The van der Waals surface area contributed by atoms with E-state index in [0.29, 0.717) is 5.92 Å². The first-order valence-electron chi connectivity index (χ1n) is 5.60. The zero-order chi connectivity index (χ0) is 11.5. The summed E-state index contributed by atoms with van der Waals surface area (Å²) >= 11 is 0. The second-order valence-corrected chi connectivity index (χ2v) is 4.50. The first-order valence-corrected chi connectivity index (χ1v) is 5.60. The summed E-state index contributed by atoms with van der Waals surface area (Å²) in [4.78, 5) is 8.68. The molecule has 2 heterocycles. The summed E-state index contributed by atoms with van der Waals surface area (Å²) in [6, 6.07) is 2.07. The van der Waals surface area contributed by atoms with E-state index in [1.165, 1.54) is 0 Å². The molecule has 0 unspecified atom stereocenters. The topological polar surface area (TPSA) is 30.7 Å². The van der Waals surface area contributed by atoms with Crippen LogP contribution in [-0.4, -0.2) is 14.5 Å². The zero-order valence-electron chi connectivity index (χ0n) is 10.0. The van der Waals surface area contributed by atoms with Crippen LogP contribution in [0.5, 0.6) is 0 Å². The third-order valence-corrected chi connectivity index (χ3v) is 2.49. The molecule has 0 aliphatic heterocycles. The Labute approximate surface area is 95.8 Å². The molecule has 16 heavy (non-hydrogen) atoms. The lowest BCUT2D eigenvalue weighted by atomic mass is 10.1. The first kappa shape index (κ1) is 10.9. The van der Waals surface area contributed by atoms with Crippen LogP contribution < -0.4 is 0 Å². The summed E-state index contributed by atoms with van der Waals surface area (Å²) in [7, 11) is 1.95. The molecule has 0 aliphatic rings. The van der Waals surface area contributed by atoms with Gasteiger partial charge in [-0.05, 0) is 24.0 Å². The number of fused-ring (bicyclic) bond motifs is 1. The van der Waals surface area contributed by atoms with Crippen molar-refractivity contribution in [3.05, 3.63) is 30.2 Å². The Morgan fingerprint density at radius 2 is 2.19 bits per heavy atom. The number of rotatable bonds is 3. The minimum atomic E-state index is 0.697. The predicted octanol–water partition coefficient (Wildman–Crippen LogP) is 3.03. The molecule has 0 fully saturated rings. The van der Waals surface area contributed by atoms with Crippen molar-refractivity contribution < 1.29 is 0 Å². The second kappa shape index (κ2) is 4.47. The fourth-order valence-corrected chi connectivity index (χ4v) is 1.60. The van der Waals surface area contributed by atoms with E-state index < -0.39 is 0 Å². The summed E-state index contributed by atoms with van der Waals surface area (Å²) in [6.07, 6.45) is 9.08. The molecule has 0 aliphatic carbocycles. The fraction of sp³-hybridized carbons (Fsp3) is 0.385. The van der Waals surface area contributed by atoms with Crippen LogP contribution in [0.2, 0.25) is 0 Å². The Hall–Kier alpha value is -1.64. The normalized spacial score (nSPS) is 12.0. The van der Waals surface area contributed by atoms with Gasteiger partial charge in [-0.1, -0.05) is 26.0 Å². The van der Waals surface area contributed by atoms with Crippen LogP contribution in [0, 0.1) is 5.92 Å². The standard InChI is InChI=1S/C13H17N3/c1-10(2)5-4-6-11-7-12-13(14-8-11)16(3)9-15-12/h4,6-10H,5H2,1-3H3/b6-4+. The van der Waals surface area contributed by atoms with Crippen LogP contribution >= 0.6 is 0 Å². The largest absolute Gasteiger partial charge is 0.318 e. The monoisotopic (exact) mass is 215 g/mol. The van der Waals surface area contributed by atoms with E-state index in [2.05, 4.69) is 42.0 Å². The molecule has 0 radical (unpaired) electrons. The lowest BCUT2D eigenvalue weighted by Gasteiger charge is -1.98. The summed E-state index contributed by atoms with van der Waals surface area (Å²) < 4.78 is 1.93. The van der Waals surface area contributed by atoms with Crippen LogP contribution in [0.3, 0.4) is 0 Å². The average molecular weight is 215 g/mol. The molecule has 0 saturated heterocycles. The maximum Gasteiger partial charge on any atom is 0.159 e. The number of aryl methyl sites for hydroxylation is 1. The smallest absolute Gasteiger partial charge is 0.159 e. The van der Waals surface area contributed by atoms with Crippen molar-refractivity contribution in [3.8, 4) is 0 Å². The molecule has 2 aromatic heterocycles. The summed E-state index contributed by atoms with van der Waals surface area (Å²) in [6.45, 7) is 4.43. The maximum absolute atomic E-state index is 4.39. The maximum atomic E-state index is 4.39. The van der Waals surface area contributed by atoms with Crippen LogP contribution in [0.4, 0.5) is 0 Å². The number of pyridine rings is 1. The lowest BCUT2D eigenvalue weighted by molar-refractivity contribution is 0.665. The Morgan fingerprint density at radius 1 is 1.38 bits per heavy atom. The number of allylic oxidation sites excluding steroid dienone is 1. The van der Waals surface area contributed by atoms with Crippen LogP contribution in [0.15, 0.2) is 24.7 Å². The minimum Gasteiger partial charge on any atom is -0.318 e. The number of aromatic nitrogens is 3. The molecule has 84 valence electrons. The van der Waals surface area contributed by atoms with Crippen molar-refractivity contribution in [2.24, 2.45) is 13.0 Å². The van der Waals surface area contributed by atoms with Gasteiger partial charge in [-0.25, -0.2) is 9.97 Å². The molecule has 0 spiro atoms. The van der Waals surface area contributed by atoms with Gasteiger partial charge in [0.1, 0.15) is 5.52 Å². The number of hydrogen-bond donors (Lipinski definition) is 0. The van der Waals surface area contributed by atoms with Crippen LogP contribution in [0.1, 0.15) is 25.8 Å². The summed E-state index contributed by atoms with van der Waals surface area (Å²) in [5.74, 6) is 0.697. The molecule has 0 atom stereocenters. The summed E-state index contributed by atoms with van der Waals surface area (Å²) in [5.41, 5.74) is 3.00. The summed E-state index contributed by atoms with van der Waals surface area (Å²) in [5, 5.41) is 0. The molecular weight excluding hydrogens is 198 g/mol. The van der Waals surface area contributed by atoms with Crippen molar-refractivity contribution in [1.29, 1.82) is 0 Å². The highest BCUT2D eigenvalue weighted by Crippen LogP contribution is 2.12. The number of imidazole rings is 1. The van der Waals surface area contributed by atoms with Crippen molar-refractivity contribution in [3.63, 3.8) is 0 Å². The SMILES string of the molecule is CC(C)C/C=C/c1cnc2c(c1)ncn2C. The van der Waals surface area contributed by atoms with E-state index in [-0.39, 0.29) is 0 Å². The van der Waals surface area contributed by atoms with E-state index in [1.54, 1.807) is 6.33 Å². The minimum absolute atomic E-state index is 0.697. The van der Waals surface area contributed by atoms with E-state index >= 15 is 0 Å². The molecule has 0 saturated carbocycles. The van der Waals surface area contributed by atoms with Crippen molar-refractivity contribution >= 4 is 17.2 Å². The van der Waals surface area contributed by atoms with Gasteiger partial charge in [0.15, 0.2) is 5.65 Å². The van der Waals surface area contributed by atoms with Gasteiger partial charge in [-0.2, -0.15) is 0 Å². The highest BCUT2D eigenvalue weighted by atomic mass is 15.1. The molecule has 0 amide bonds. The van der Waals surface area contributed by atoms with Gasteiger partial charge in [-0.15, -0.1) is 0 Å². The van der Waals surface area contributed by atoms with Crippen molar-refractivity contribution in [1.82, 2.24) is 14.5 Å². The van der Waals surface area contributed by atoms with Gasteiger partial charge in [0.25, 0.3) is 0 Å². The Bertz CT molecular complexity index is 509. The first-order chi connectivity index (χ1) is 7.66. The van der Waals surface area contributed by atoms with Crippen molar-refractivity contribution in [2.45, 2.75) is 20.3 Å². The van der Waals surface area contributed by atoms with Gasteiger partial charge in [0.05, 0.1) is 6.33 Å². The Balaban J connectivity index is 2.23. The molecular formula is C13H17N3. The van der Waals surface area contributed by atoms with Crippen molar-refractivity contribution in [2.75, 3.05) is 0 Å². The van der Waals surface area contributed by atoms with E-state index in [4.69, 9.17) is 0 Å².